The number of aryl methyl sites for hydroxylation is 2. The number of amides is 1. The van der Waals surface area contributed by atoms with Crippen LogP contribution in [0.5, 0.6) is 0 Å². The molecule has 0 radical (unpaired) electrons. The second-order valence-electron chi connectivity index (χ2n) is 7.21. The van der Waals surface area contributed by atoms with Gasteiger partial charge in [0.1, 0.15) is 11.1 Å². The van der Waals surface area contributed by atoms with Gasteiger partial charge < -0.3 is 5.32 Å². The molecule has 0 aliphatic heterocycles. The van der Waals surface area contributed by atoms with Crippen LogP contribution in [0.3, 0.4) is 0 Å². The van der Waals surface area contributed by atoms with E-state index in [4.69, 9.17) is 0 Å². The second-order valence-corrected chi connectivity index (χ2v) is 8.18. The maximum absolute atomic E-state index is 12.4. The van der Waals surface area contributed by atoms with Crippen LogP contribution >= 0.6 is 11.8 Å². The Balaban J connectivity index is 1.78. The first kappa shape index (κ1) is 19.9. The lowest BCUT2D eigenvalue weighted by molar-refractivity contribution is -0.113. The van der Waals surface area contributed by atoms with Crippen molar-refractivity contribution in [3.8, 4) is 6.07 Å². The first-order chi connectivity index (χ1) is 13.4. The monoisotopic (exact) mass is 389 g/mol. The fourth-order valence-electron chi connectivity index (χ4n) is 2.92. The van der Waals surface area contributed by atoms with Gasteiger partial charge in [0.15, 0.2) is 0 Å². The fraction of sp³-hybridized carbons (Fsp3) is 0.261. The quantitative estimate of drug-likeness (QED) is 0.579. The van der Waals surface area contributed by atoms with Crippen molar-refractivity contribution in [1.29, 1.82) is 5.26 Å². The summed E-state index contributed by atoms with van der Waals surface area (Å²) in [6, 6.07) is 16.2. The zero-order valence-electron chi connectivity index (χ0n) is 16.5. The summed E-state index contributed by atoms with van der Waals surface area (Å²) in [6.45, 7) is 8.23. The molecule has 1 heterocycles. The molecule has 0 spiro atoms. The highest BCUT2D eigenvalue weighted by Crippen LogP contribution is 2.27. The molecular weight excluding hydrogens is 366 g/mol. The highest BCUT2D eigenvalue weighted by Gasteiger charge is 2.12. The van der Waals surface area contributed by atoms with Crippen LogP contribution in [0.4, 0.5) is 5.69 Å². The third-order valence-corrected chi connectivity index (χ3v) is 5.59. The predicted octanol–water partition coefficient (Wildman–Crippen LogP) is 5.58. The Labute approximate surface area is 170 Å². The van der Waals surface area contributed by atoms with Crippen molar-refractivity contribution in [2.45, 2.75) is 38.6 Å². The molecule has 142 valence electrons. The number of nitriles is 1. The largest absolute Gasteiger partial charge is 0.325 e. The van der Waals surface area contributed by atoms with Gasteiger partial charge >= 0.3 is 0 Å². The van der Waals surface area contributed by atoms with Crippen LogP contribution in [0.15, 0.2) is 47.5 Å². The average molecular weight is 390 g/mol. The van der Waals surface area contributed by atoms with Crippen molar-refractivity contribution in [3.63, 3.8) is 0 Å². The van der Waals surface area contributed by atoms with Gasteiger partial charge in [-0.3, -0.25) is 4.79 Å². The van der Waals surface area contributed by atoms with Crippen LogP contribution in [0.25, 0.3) is 10.9 Å². The van der Waals surface area contributed by atoms with Crippen LogP contribution in [-0.2, 0) is 4.79 Å². The number of nitrogens with one attached hydrogen (secondary N) is 1. The van der Waals surface area contributed by atoms with E-state index in [1.807, 2.05) is 44.2 Å². The predicted molar refractivity (Wildman–Crippen MR) is 116 cm³/mol. The van der Waals surface area contributed by atoms with Crippen molar-refractivity contribution in [3.05, 3.63) is 64.7 Å². The number of carbonyl (C=O) groups excluding carboxylic acids is 1. The van der Waals surface area contributed by atoms with Gasteiger partial charge in [-0.25, -0.2) is 4.98 Å². The molecule has 0 atom stereocenters. The Hall–Kier alpha value is -2.84. The van der Waals surface area contributed by atoms with E-state index in [-0.39, 0.29) is 11.7 Å². The summed E-state index contributed by atoms with van der Waals surface area (Å²) < 4.78 is 0. The van der Waals surface area contributed by atoms with Crippen LogP contribution < -0.4 is 5.32 Å². The van der Waals surface area contributed by atoms with Gasteiger partial charge in [0.2, 0.25) is 5.91 Å². The van der Waals surface area contributed by atoms with E-state index in [9.17, 15) is 10.1 Å². The Kier molecular flexibility index (Phi) is 6.01. The molecule has 3 aromatic rings. The van der Waals surface area contributed by atoms with Crippen LogP contribution in [0.2, 0.25) is 0 Å². The molecule has 0 saturated carbocycles. The average Bonchev–Trinajstić information content (AvgIpc) is 2.67. The van der Waals surface area contributed by atoms with Gasteiger partial charge in [-0.15, -0.1) is 0 Å². The molecule has 5 heteroatoms. The lowest BCUT2D eigenvalue weighted by atomic mass is 10.0. The number of nitrogens with zero attached hydrogens (tertiary/aromatic N) is 2. The summed E-state index contributed by atoms with van der Waals surface area (Å²) >= 11 is 1.29. The normalized spacial score (nSPS) is 10.9. The number of benzene rings is 2. The standard InChI is InChI=1S/C23H23N3OS/c1-14(2)17-7-8-20-18(10-17)11-19(12-24)23(26-20)28-13-22(27)25-21-9-15(3)5-6-16(21)4/h5-11,14H,13H2,1-4H3,(H,25,27). The van der Waals surface area contributed by atoms with Crippen LogP contribution in [0.1, 0.15) is 42.0 Å². The van der Waals surface area contributed by atoms with Crippen LogP contribution in [-0.4, -0.2) is 16.6 Å². The number of hydrogen-bond acceptors (Lipinski definition) is 4. The lowest BCUT2D eigenvalue weighted by Gasteiger charge is -2.11. The summed E-state index contributed by atoms with van der Waals surface area (Å²) in [4.78, 5) is 17.0. The van der Waals surface area contributed by atoms with Crippen molar-refractivity contribution in [2.24, 2.45) is 0 Å². The third kappa shape index (κ3) is 4.52. The van der Waals surface area contributed by atoms with Crippen molar-refractivity contribution in [1.82, 2.24) is 4.98 Å². The Morgan fingerprint density at radius 3 is 2.68 bits per heavy atom. The minimum absolute atomic E-state index is 0.111. The minimum Gasteiger partial charge on any atom is -0.325 e. The summed E-state index contributed by atoms with van der Waals surface area (Å²) in [6.07, 6.45) is 0. The van der Waals surface area contributed by atoms with Gasteiger partial charge in [-0.05, 0) is 60.7 Å². The molecule has 1 N–H and O–H groups in total. The summed E-state index contributed by atoms with van der Waals surface area (Å²) in [5.41, 5.74) is 5.48. The Bertz CT molecular complexity index is 1080. The number of anilines is 1. The molecular formula is C23H23N3OS. The van der Waals surface area contributed by atoms with E-state index < -0.39 is 0 Å². The molecule has 1 amide bonds. The smallest absolute Gasteiger partial charge is 0.234 e. The van der Waals surface area contributed by atoms with Crippen molar-refractivity contribution < 1.29 is 4.79 Å². The number of pyridine rings is 1. The number of aromatic nitrogens is 1. The van der Waals surface area contributed by atoms with Gasteiger partial charge in [0.25, 0.3) is 0 Å². The summed E-state index contributed by atoms with van der Waals surface area (Å²) in [5, 5.41) is 14.0. The molecule has 28 heavy (non-hydrogen) atoms. The highest BCUT2D eigenvalue weighted by molar-refractivity contribution is 8.00. The zero-order chi connectivity index (χ0) is 20.3. The van der Waals surface area contributed by atoms with E-state index in [0.29, 0.717) is 16.5 Å². The number of thioether (sulfide) groups is 1. The molecule has 0 unspecified atom stereocenters. The third-order valence-electron chi connectivity index (χ3n) is 4.60. The maximum atomic E-state index is 12.4. The van der Waals surface area contributed by atoms with E-state index >= 15 is 0 Å². The summed E-state index contributed by atoms with van der Waals surface area (Å²) in [5.74, 6) is 0.502. The topological polar surface area (TPSA) is 65.8 Å². The van der Waals surface area contributed by atoms with Crippen molar-refractivity contribution >= 4 is 34.3 Å². The molecule has 3 rings (SSSR count). The molecule has 0 bridgehead atoms. The van der Waals surface area contributed by atoms with Gasteiger partial charge in [-0.2, -0.15) is 5.26 Å². The first-order valence-corrected chi connectivity index (χ1v) is 10.2. The van der Waals surface area contributed by atoms with E-state index in [1.165, 1.54) is 17.3 Å². The van der Waals surface area contributed by atoms with E-state index in [0.717, 1.165) is 27.7 Å². The van der Waals surface area contributed by atoms with E-state index in [2.05, 4.69) is 42.4 Å². The Morgan fingerprint density at radius 1 is 1.18 bits per heavy atom. The van der Waals surface area contributed by atoms with Gasteiger partial charge in [0.05, 0.1) is 16.8 Å². The molecule has 0 fully saturated rings. The van der Waals surface area contributed by atoms with E-state index in [1.54, 1.807) is 0 Å². The molecule has 1 aromatic heterocycles. The molecule has 0 aliphatic rings. The maximum Gasteiger partial charge on any atom is 0.234 e. The molecule has 0 aliphatic carbocycles. The second kappa shape index (κ2) is 8.45. The highest BCUT2D eigenvalue weighted by atomic mass is 32.2. The molecule has 2 aromatic carbocycles. The number of rotatable bonds is 5. The first-order valence-electron chi connectivity index (χ1n) is 9.22. The van der Waals surface area contributed by atoms with Crippen molar-refractivity contribution in [2.75, 3.05) is 11.1 Å². The number of hydrogen-bond donors (Lipinski definition) is 1. The van der Waals surface area contributed by atoms with Gasteiger partial charge in [0, 0.05) is 11.1 Å². The molecule has 0 saturated heterocycles. The summed E-state index contributed by atoms with van der Waals surface area (Å²) in [7, 11) is 0. The van der Waals surface area contributed by atoms with Crippen LogP contribution in [0, 0.1) is 25.2 Å². The number of carbonyl (C=O) groups is 1. The SMILES string of the molecule is Cc1ccc(C)c(NC(=O)CSc2nc3ccc(C(C)C)cc3cc2C#N)c1. The zero-order valence-corrected chi connectivity index (χ0v) is 17.4. The minimum atomic E-state index is -0.111. The lowest BCUT2D eigenvalue weighted by Crippen LogP contribution is -2.15. The molecule has 4 nitrogen and oxygen atoms in total. The Morgan fingerprint density at radius 2 is 1.96 bits per heavy atom. The van der Waals surface area contributed by atoms with Gasteiger partial charge in [-0.1, -0.05) is 43.8 Å². The fourth-order valence-corrected chi connectivity index (χ4v) is 3.68. The number of fused-ring (bicyclic) bond motifs is 1.